The van der Waals surface area contributed by atoms with E-state index < -0.39 is 24.4 Å². The number of fused-ring (bicyclic) bond motifs is 4. The summed E-state index contributed by atoms with van der Waals surface area (Å²) in [5.74, 6) is 0.631. The van der Waals surface area contributed by atoms with Crippen molar-refractivity contribution >= 4 is 11.5 Å². The Morgan fingerprint density at radius 3 is 2.43 bits per heavy atom. The maximum Gasteiger partial charge on any atom is 0.252 e. The molecule has 0 aromatic heterocycles. The zero-order chi connectivity index (χ0) is 14.7. The first-order chi connectivity index (χ1) is 10.1. The number of ether oxygens (including phenoxy) is 2. The fourth-order valence-electron chi connectivity index (χ4n) is 2.98. The SMILES string of the molecule is O=C1N[C@H]2C(=C[C@H](O)[C@H](O)[C@@H]2O)c2cc3c(cc21)OCO3. The zero-order valence-electron chi connectivity index (χ0n) is 10.8. The Balaban J connectivity index is 1.90. The van der Waals surface area contributed by atoms with Crippen molar-refractivity contribution in [3.05, 3.63) is 29.3 Å². The minimum absolute atomic E-state index is 0.0896. The van der Waals surface area contributed by atoms with Crippen molar-refractivity contribution < 1.29 is 29.6 Å². The fraction of sp³-hybridized carbons (Fsp3) is 0.357. The molecule has 4 N–H and O–H groups in total. The second kappa shape index (κ2) is 4.20. The number of carbonyl (C=O) groups excluding carboxylic acids is 1. The Hall–Kier alpha value is -2.09. The lowest BCUT2D eigenvalue weighted by molar-refractivity contribution is -0.0534. The van der Waals surface area contributed by atoms with E-state index in [0.29, 0.717) is 28.2 Å². The summed E-state index contributed by atoms with van der Waals surface area (Å²) in [6.07, 6.45) is -2.36. The largest absolute Gasteiger partial charge is 0.454 e. The number of nitrogens with one attached hydrogen (secondary N) is 1. The highest BCUT2D eigenvalue weighted by molar-refractivity contribution is 6.05. The van der Waals surface area contributed by atoms with Crippen molar-refractivity contribution in [1.29, 1.82) is 0 Å². The number of hydrogen-bond donors (Lipinski definition) is 4. The summed E-state index contributed by atoms with van der Waals surface area (Å²) in [6, 6.07) is 2.48. The van der Waals surface area contributed by atoms with Gasteiger partial charge in [0.1, 0.15) is 18.3 Å². The van der Waals surface area contributed by atoms with Gasteiger partial charge in [0.05, 0.1) is 11.6 Å². The molecule has 3 aliphatic rings. The second-order valence-electron chi connectivity index (χ2n) is 5.30. The Morgan fingerprint density at radius 2 is 1.71 bits per heavy atom. The van der Waals surface area contributed by atoms with E-state index in [4.69, 9.17) is 9.47 Å². The highest BCUT2D eigenvalue weighted by atomic mass is 16.7. The van der Waals surface area contributed by atoms with Crippen molar-refractivity contribution in [3.63, 3.8) is 0 Å². The predicted octanol–water partition coefficient (Wildman–Crippen LogP) is -0.993. The van der Waals surface area contributed by atoms with Gasteiger partial charge in [0.25, 0.3) is 5.91 Å². The third-order valence-corrected chi connectivity index (χ3v) is 4.08. The van der Waals surface area contributed by atoms with Crippen LogP contribution in [0, 0.1) is 0 Å². The monoisotopic (exact) mass is 291 g/mol. The number of amides is 1. The topological polar surface area (TPSA) is 108 Å². The van der Waals surface area contributed by atoms with Crippen molar-refractivity contribution in [2.75, 3.05) is 6.79 Å². The molecule has 110 valence electrons. The Bertz CT molecular complexity index is 670. The molecule has 21 heavy (non-hydrogen) atoms. The Labute approximate surface area is 119 Å². The number of aliphatic hydroxyl groups is 3. The zero-order valence-corrected chi connectivity index (χ0v) is 10.8. The van der Waals surface area contributed by atoms with Crippen LogP contribution in [-0.4, -0.2) is 52.4 Å². The van der Waals surface area contributed by atoms with Gasteiger partial charge in [0, 0.05) is 0 Å². The molecule has 0 fully saturated rings. The van der Waals surface area contributed by atoms with Gasteiger partial charge in [-0.2, -0.15) is 0 Å². The second-order valence-corrected chi connectivity index (χ2v) is 5.30. The summed E-state index contributed by atoms with van der Waals surface area (Å²) in [5.41, 5.74) is 1.52. The molecule has 7 nitrogen and oxygen atoms in total. The minimum Gasteiger partial charge on any atom is -0.454 e. The number of carbonyl (C=O) groups is 1. The van der Waals surface area contributed by atoms with Crippen molar-refractivity contribution in [3.8, 4) is 11.5 Å². The summed E-state index contributed by atoms with van der Waals surface area (Å²) in [6.45, 7) is 0.0896. The van der Waals surface area contributed by atoms with Crippen LogP contribution >= 0.6 is 0 Å². The van der Waals surface area contributed by atoms with Gasteiger partial charge in [-0.1, -0.05) is 0 Å². The van der Waals surface area contributed by atoms with Crippen molar-refractivity contribution in [2.24, 2.45) is 0 Å². The van der Waals surface area contributed by atoms with Gasteiger partial charge in [-0.25, -0.2) is 0 Å². The average molecular weight is 291 g/mol. The molecule has 1 aliphatic carbocycles. The number of aliphatic hydroxyl groups excluding tert-OH is 3. The van der Waals surface area contributed by atoms with Crippen LogP contribution in [0.5, 0.6) is 11.5 Å². The molecular formula is C14H13NO6. The maximum absolute atomic E-state index is 12.2. The summed E-state index contributed by atoms with van der Waals surface area (Å²) in [4.78, 5) is 12.2. The Kier molecular flexibility index (Phi) is 2.53. The third kappa shape index (κ3) is 1.68. The van der Waals surface area contributed by atoms with E-state index in [0.717, 1.165) is 0 Å². The van der Waals surface area contributed by atoms with Gasteiger partial charge in [0.15, 0.2) is 11.5 Å². The van der Waals surface area contributed by atoms with Gasteiger partial charge >= 0.3 is 0 Å². The molecule has 0 saturated heterocycles. The van der Waals surface area contributed by atoms with Gasteiger partial charge in [-0.05, 0) is 29.3 Å². The molecule has 4 atom stereocenters. The van der Waals surface area contributed by atoms with Crippen LogP contribution in [0.4, 0.5) is 0 Å². The molecule has 1 aromatic rings. The van der Waals surface area contributed by atoms with Gasteiger partial charge in [-0.3, -0.25) is 4.79 Å². The minimum atomic E-state index is -1.34. The van der Waals surface area contributed by atoms with Crippen LogP contribution in [-0.2, 0) is 0 Å². The summed E-state index contributed by atoms with van der Waals surface area (Å²) < 4.78 is 10.5. The van der Waals surface area contributed by atoms with E-state index in [-0.39, 0.29) is 12.7 Å². The lowest BCUT2D eigenvalue weighted by Gasteiger charge is -2.39. The molecule has 4 rings (SSSR count). The van der Waals surface area contributed by atoms with Crippen LogP contribution in [0.25, 0.3) is 5.57 Å². The lowest BCUT2D eigenvalue weighted by Crippen LogP contribution is -2.57. The molecule has 2 aliphatic heterocycles. The van der Waals surface area contributed by atoms with Crippen LogP contribution < -0.4 is 14.8 Å². The van der Waals surface area contributed by atoms with E-state index in [9.17, 15) is 20.1 Å². The molecule has 0 saturated carbocycles. The number of hydrogen-bond acceptors (Lipinski definition) is 6. The standard InChI is InChI=1S/C14H13NO6/c16-8-1-6-5-2-9-10(21-4-20-9)3-7(5)14(19)15-11(6)13(18)12(8)17/h1-3,8,11-13,16-18H,4H2,(H,15,19)/t8-,11-,12-,13+/m0/s1. The Morgan fingerprint density at radius 1 is 1.05 bits per heavy atom. The van der Waals surface area contributed by atoms with Gasteiger partial charge in [-0.15, -0.1) is 0 Å². The molecule has 0 spiro atoms. The number of rotatable bonds is 0. The molecule has 0 unspecified atom stereocenters. The van der Waals surface area contributed by atoms with E-state index in [1.165, 1.54) is 6.08 Å². The van der Waals surface area contributed by atoms with E-state index in [2.05, 4.69) is 5.32 Å². The van der Waals surface area contributed by atoms with E-state index in [1.54, 1.807) is 12.1 Å². The first kappa shape index (κ1) is 12.6. The molecule has 0 radical (unpaired) electrons. The van der Waals surface area contributed by atoms with Gasteiger partial charge < -0.3 is 30.1 Å². The van der Waals surface area contributed by atoms with Crippen molar-refractivity contribution in [2.45, 2.75) is 24.4 Å². The molecule has 7 heteroatoms. The smallest absolute Gasteiger partial charge is 0.252 e. The fourth-order valence-corrected chi connectivity index (χ4v) is 2.98. The third-order valence-electron chi connectivity index (χ3n) is 4.08. The molecule has 0 bridgehead atoms. The molecule has 1 amide bonds. The summed E-state index contributed by atoms with van der Waals surface area (Å²) >= 11 is 0. The predicted molar refractivity (Wildman–Crippen MR) is 69.8 cm³/mol. The van der Waals surface area contributed by atoms with Crippen LogP contribution in [0.3, 0.4) is 0 Å². The molecule has 2 heterocycles. The maximum atomic E-state index is 12.2. The van der Waals surface area contributed by atoms with Crippen LogP contribution in [0.2, 0.25) is 0 Å². The van der Waals surface area contributed by atoms with E-state index in [1.807, 2.05) is 0 Å². The normalized spacial score (nSPS) is 32.9. The molecule has 1 aromatic carbocycles. The molecular weight excluding hydrogens is 278 g/mol. The van der Waals surface area contributed by atoms with Gasteiger partial charge in [0.2, 0.25) is 6.79 Å². The van der Waals surface area contributed by atoms with E-state index >= 15 is 0 Å². The quantitative estimate of drug-likeness (QED) is 0.489. The van der Waals surface area contributed by atoms with Crippen LogP contribution in [0.15, 0.2) is 18.2 Å². The van der Waals surface area contributed by atoms with Crippen LogP contribution in [0.1, 0.15) is 15.9 Å². The first-order valence-electron chi connectivity index (χ1n) is 6.57. The summed E-state index contributed by atoms with van der Waals surface area (Å²) in [7, 11) is 0. The first-order valence-corrected chi connectivity index (χ1v) is 6.57. The highest BCUT2D eigenvalue weighted by Crippen LogP contribution is 2.41. The number of benzene rings is 1. The average Bonchev–Trinajstić information content (AvgIpc) is 2.92. The summed E-state index contributed by atoms with van der Waals surface area (Å²) in [5, 5.41) is 32.3. The van der Waals surface area contributed by atoms with Crippen molar-refractivity contribution in [1.82, 2.24) is 5.32 Å². The lowest BCUT2D eigenvalue weighted by atomic mass is 9.79. The highest BCUT2D eigenvalue weighted by Gasteiger charge is 2.43.